The van der Waals surface area contributed by atoms with Crippen LogP contribution in [-0.4, -0.2) is 21.5 Å². The minimum atomic E-state index is -0.186. The van der Waals surface area contributed by atoms with E-state index in [2.05, 4.69) is 32.6 Å². The number of nitrogens with one attached hydrogen (secondary N) is 1. The molecule has 0 aliphatic carbocycles. The van der Waals surface area contributed by atoms with Crippen molar-refractivity contribution in [2.24, 2.45) is 0 Å². The van der Waals surface area contributed by atoms with Crippen molar-refractivity contribution in [2.45, 2.75) is 32.7 Å². The number of halogens is 2. The van der Waals surface area contributed by atoms with Crippen molar-refractivity contribution in [1.82, 2.24) is 8.97 Å². The highest BCUT2D eigenvalue weighted by Crippen LogP contribution is 2.40. The largest absolute Gasteiger partial charge is 0.494 e. The van der Waals surface area contributed by atoms with Crippen molar-refractivity contribution in [1.29, 1.82) is 0 Å². The molecule has 1 aliphatic heterocycles. The summed E-state index contributed by atoms with van der Waals surface area (Å²) in [6.07, 6.45) is 5.08. The van der Waals surface area contributed by atoms with E-state index in [4.69, 9.17) is 27.9 Å². The number of aryl methyl sites for hydroxylation is 2. The summed E-state index contributed by atoms with van der Waals surface area (Å²) in [5, 5.41) is 4.31. The molecule has 1 N–H and O–H groups in total. The lowest BCUT2D eigenvalue weighted by atomic mass is 9.97. The molecule has 0 bridgehead atoms. The molecular weight excluding hydrogens is 517 g/mol. The minimum absolute atomic E-state index is 0.186. The van der Waals surface area contributed by atoms with E-state index in [1.54, 1.807) is 12.1 Å². The number of aromatic nitrogens is 2. The number of ether oxygens (including phenoxy) is 1. The van der Waals surface area contributed by atoms with Gasteiger partial charge in [-0.15, -0.1) is 0 Å². The number of hydrogen-bond acceptors (Lipinski definition) is 2. The standard InChI is InChI=1S/C31H27Cl2N3O2/c1-2-38-25-15-11-20(12-16-25)27-19-36-29(30(37)34-24-7-5-6-23(33)18-24)28(21-9-13-22(32)14-10-21)26-8-3-4-17-35(27)31(26)36/h5-7,9-16,18-19H,2-4,8,17H2,1H3,(H,34,37). The van der Waals surface area contributed by atoms with Gasteiger partial charge < -0.3 is 14.6 Å². The van der Waals surface area contributed by atoms with Crippen LogP contribution in [0.3, 0.4) is 0 Å². The quantitative estimate of drug-likeness (QED) is 0.234. The second kappa shape index (κ2) is 10.2. The molecule has 0 saturated heterocycles. The summed E-state index contributed by atoms with van der Waals surface area (Å²) in [6.45, 7) is 3.49. The molecule has 2 aromatic heterocycles. The van der Waals surface area contributed by atoms with Crippen LogP contribution >= 0.6 is 23.2 Å². The van der Waals surface area contributed by atoms with Gasteiger partial charge in [-0.2, -0.15) is 0 Å². The van der Waals surface area contributed by atoms with Crippen LogP contribution in [0.5, 0.6) is 5.75 Å². The van der Waals surface area contributed by atoms with Crippen molar-refractivity contribution < 1.29 is 9.53 Å². The van der Waals surface area contributed by atoms with Crippen molar-refractivity contribution >= 4 is 40.4 Å². The highest BCUT2D eigenvalue weighted by atomic mass is 35.5. The van der Waals surface area contributed by atoms with E-state index in [0.29, 0.717) is 28.0 Å². The maximum absolute atomic E-state index is 14.0. The first-order chi connectivity index (χ1) is 18.5. The maximum Gasteiger partial charge on any atom is 0.273 e. The molecule has 0 unspecified atom stereocenters. The molecule has 0 fully saturated rings. The van der Waals surface area contributed by atoms with Crippen molar-refractivity contribution in [3.63, 3.8) is 0 Å². The summed E-state index contributed by atoms with van der Waals surface area (Å²) in [6, 6.07) is 23.1. The Kier molecular flexibility index (Phi) is 6.64. The molecule has 6 rings (SSSR count). The molecule has 5 nitrogen and oxygen atoms in total. The molecule has 3 heterocycles. The molecule has 5 aromatic rings. The molecule has 1 aliphatic rings. The zero-order valence-electron chi connectivity index (χ0n) is 21.0. The van der Waals surface area contributed by atoms with Crippen molar-refractivity contribution in [3.8, 4) is 28.1 Å². The Bertz CT molecular complexity index is 1630. The molecular formula is C31H27Cl2N3O2. The van der Waals surface area contributed by atoms with Gasteiger partial charge in [0, 0.05) is 39.6 Å². The Morgan fingerprint density at radius 1 is 0.947 bits per heavy atom. The van der Waals surface area contributed by atoms with Crippen LogP contribution in [-0.2, 0) is 13.0 Å². The molecule has 1 amide bonds. The van der Waals surface area contributed by atoms with E-state index >= 15 is 0 Å². The van der Waals surface area contributed by atoms with Crippen molar-refractivity contribution in [2.75, 3.05) is 11.9 Å². The van der Waals surface area contributed by atoms with E-state index in [0.717, 1.165) is 59.6 Å². The van der Waals surface area contributed by atoms with Crippen LogP contribution < -0.4 is 10.1 Å². The summed E-state index contributed by atoms with van der Waals surface area (Å²) in [5.74, 6) is 0.659. The van der Waals surface area contributed by atoms with Gasteiger partial charge in [-0.25, -0.2) is 0 Å². The van der Waals surface area contributed by atoms with Crippen LogP contribution in [0.15, 0.2) is 79.0 Å². The molecule has 0 saturated carbocycles. The number of hydrogen-bond donors (Lipinski definition) is 1. The van der Waals surface area contributed by atoms with Gasteiger partial charge in [0.15, 0.2) is 0 Å². The molecule has 192 valence electrons. The first-order valence-electron chi connectivity index (χ1n) is 12.9. The van der Waals surface area contributed by atoms with E-state index in [1.165, 1.54) is 5.56 Å². The third-order valence-corrected chi connectivity index (χ3v) is 7.51. The second-order valence-corrected chi connectivity index (χ2v) is 10.3. The van der Waals surface area contributed by atoms with E-state index < -0.39 is 0 Å². The Morgan fingerprint density at radius 3 is 2.45 bits per heavy atom. The smallest absolute Gasteiger partial charge is 0.273 e. The number of carbonyl (C=O) groups is 1. The lowest BCUT2D eigenvalue weighted by Gasteiger charge is -2.11. The molecule has 0 spiro atoms. The number of anilines is 1. The number of nitrogens with zero attached hydrogens (tertiary/aromatic N) is 2. The topological polar surface area (TPSA) is 47.7 Å². The average molecular weight is 544 g/mol. The van der Waals surface area contributed by atoms with Crippen molar-refractivity contribution in [3.05, 3.63) is 100 Å². The fraction of sp³-hybridized carbons (Fsp3) is 0.194. The fourth-order valence-electron chi connectivity index (χ4n) is 5.41. The second-order valence-electron chi connectivity index (χ2n) is 9.45. The first kappa shape index (κ1) is 24.7. The van der Waals surface area contributed by atoms with Crippen LogP contribution in [0, 0.1) is 0 Å². The number of amides is 1. The molecule has 7 heteroatoms. The summed E-state index contributed by atoms with van der Waals surface area (Å²) >= 11 is 12.4. The number of rotatable bonds is 6. The molecule has 0 radical (unpaired) electrons. The predicted octanol–water partition coefficient (Wildman–Crippen LogP) is 8.37. The van der Waals surface area contributed by atoms with Gasteiger partial charge in [0.2, 0.25) is 0 Å². The van der Waals surface area contributed by atoms with Gasteiger partial charge in [-0.05, 0) is 91.9 Å². The highest BCUT2D eigenvalue weighted by Gasteiger charge is 2.29. The Balaban J connectivity index is 1.57. The van der Waals surface area contributed by atoms with Crippen LogP contribution in [0.25, 0.3) is 28.0 Å². The summed E-state index contributed by atoms with van der Waals surface area (Å²) in [7, 11) is 0. The van der Waals surface area contributed by atoms with E-state index in [9.17, 15) is 4.79 Å². The van der Waals surface area contributed by atoms with Gasteiger partial charge >= 0.3 is 0 Å². The molecule has 38 heavy (non-hydrogen) atoms. The zero-order valence-corrected chi connectivity index (χ0v) is 22.5. The normalized spacial score (nSPS) is 12.9. The predicted molar refractivity (Wildman–Crippen MR) is 155 cm³/mol. The van der Waals surface area contributed by atoms with Crippen LogP contribution in [0.1, 0.15) is 35.8 Å². The molecule has 3 aromatic carbocycles. The molecule has 0 atom stereocenters. The van der Waals surface area contributed by atoms with E-state index in [-0.39, 0.29) is 5.91 Å². The minimum Gasteiger partial charge on any atom is -0.494 e. The van der Waals surface area contributed by atoms with Crippen LogP contribution in [0.4, 0.5) is 5.69 Å². The Morgan fingerprint density at radius 2 is 1.71 bits per heavy atom. The number of benzene rings is 3. The third-order valence-electron chi connectivity index (χ3n) is 7.03. The summed E-state index contributed by atoms with van der Waals surface area (Å²) in [4.78, 5) is 14.0. The maximum atomic E-state index is 14.0. The van der Waals surface area contributed by atoms with Gasteiger partial charge in [0.25, 0.3) is 5.91 Å². The highest BCUT2D eigenvalue weighted by molar-refractivity contribution is 6.31. The van der Waals surface area contributed by atoms with Gasteiger partial charge in [0.05, 0.1) is 12.3 Å². The first-order valence-corrected chi connectivity index (χ1v) is 13.6. The van der Waals surface area contributed by atoms with Gasteiger partial charge in [-0.3, -0.25) is 9.20 Å². The SMILES string of the molecule is CCOc1ccc(-c2cn3c(C(=O)Nc4cccc(Cl)c4)c(-c4ccc(Cl)cc4)c4c3n2CCCC4)cc1. The average Bonchev–Trinajstić information content (AvgIpc) is 3.33. The number of imidazole rings is 1. The van der Waals surface area contributed by atoms with E-state index in [1.807, 2.05) is 55.5 Å². The van der Waals surface area contributed by atoms with Crippen LogP contribution in [0.2, 0.25) is 10.0 Å². The summed E-state index contributed by atoms with van der Waals surface area (Å²) < 4.78 is 10.1. The van der Waals surface area contributed by atoms with Gasteiger partial charge in [-0.1, -0.05) is 41.4 Å². The lowest BCUT2D eigenvalue weighted by molar-refractivity contribution is 0.102. The lowest BCUT2D eigenvalue weighted by Crippen LogP contribution is -2.15. The number of carbonyl (C=O) groups excluding carboxylic acids is 1. The zero-order chi connectivity index (χ0) is 26.2. The Hall–Kier alpha value is -3.67. The fourth-order valence-corrected chi connectivity index (χ4v) is 5.73. The van der Waals surface area contributed by atoms with Gasteiger partial charge in [0.1, 0.15) is 17.1 Å². The third kappa shape index (κ3) is 4.46. The Labute approximate surface area is 231 Å². The summed E-state index contributed by atoms with van der Waals surface area (Å²) in [5.41, 5.74) is 7.57. The monoisotopic (exact) mass is 543 g/mol.